The molecule has 2 aromatic rings. The van der Waals surface area contributed by atoms with E-state index in [-0.39, 0.29) is 6.61 Å². The predicted octanol–water partition coefficient (Wildman–Crippen LogP) is 4.02. The number of nitrogens with one attached hydrogen (secondary N) is 1. The highest BCUT2D eigenvalue weighted by molar-refractivity contribution is 5.82. The van der Waals surface area contributed by atoms with E-state index in [1.165, 1.54) is 6.21 Å². The lowest BCUT2D eigenvalue weighted by Crippen LogP contribution is -2.18. The Bertz CT molecular complexity index is 808. The van der Waals surface area contributed by atoms with Gasteiger partial charge in [-0.05, 0) is 68.8 Å². The normalized spacial score (nSPS) is 10.5. The Kier molecular flexibility index (Phi) is 9.85. The lowest BCUT2D eigenvalue weighted by Gasteiger charge is -2.13. The molecule has 0 aliphatic heterocycles. The molecular weight excluding hydrogens is 388 g/mol. The summed E-state index contributed by atoms with van der Waals surface area (Å²) in [6, 6.07) is 12.8. The van der Waals surface area contributed by atoms with Gasteiger partial charge in [0.1, 0.15) is 24.7 Å². The summed E-state index contributed by atoms with van der Waals surface area (Å²) in [6.07, 6.45) is 0.893. The minimum absolute atomic E-state index is 0.282. The van der Waals surface area contributed by atoms with E-state index < -0.39 is 6.09 Å². The second-order valence-corrected chi connectivity index (χ2v) is 5.83. The zero-order valence-corrected chi connectivity index (χ0v) is 17.6. The van der Waals surface area contributed by atoms with Crippen molar-refractivity contribution in [3.05, 3.63) is 48.0 Å². The highest BCUT2D eigenvalue weighted by Crippen LogP contribution is 2.28. The van der Waals surface area contributed by atoms with Crippen molar-refractivity contribution in [2.75, 3.05) is 33.0 Å². The highest BCUT2D eigenvalue weighted by Gasteiger charge is 2.07. The summed E-state index contributed by atoms with van der Waals surface area (Å²) >= 11 is 0. The molecule has 0 bridgehead atoms. The van der Waals surface area contributed by atoms with Gasteiger partial charge in [-0.1, -0.05) is 0 Å². The molecule has 30 heavy (non-hydrogen) atoms. The van der Waals surface area contributed by atoms with Gasteiger partial charge in [0.25, 0.3) is 0 Å². The van der Waals surface area contributed by atoms with E-state index in [9.17, 15) is 4.79 Å². The molecule has 0 unspecified atom stereocenters. The van der Waals surface area contributed by atoms with E-state index >= 15 is 0 Å². The fraction of sp³-hybridized carbons (Fsp3) is 0.364. The number of amides is 1. The number of carbonyl (C=O) groups is 1. The summed E-state index contributed by atoms with van der Waals surface area (Å²) in [7, 11) is 0. The SMILES string of the molecule is CCOC(=O)N/N=C/c1ccc(OCCOc2ccc(OCC)cc2)c(OCC)c1. The van der Waals surface area contributed by atoms with Crippen LogP contribution in [-0.2, 0) is 4.74 Å². The van der Waals surface area contributed by atoms with E-state index in [4.69, 9.17) is 23.7 Å². The van der Waals surface area contributed by atoms with E-state index in [2.05, 4.69) is 10.5 Å². The summed E-state index contributed by atoms with van der Waals surface area (Å²) in [6.45, 7) is 7.68. The molecule has 0 spiro atoms. The first-order valence-electron chi connectivity index (χ1n) is 9.87. The maximum absolute atomic E-state index is 11.2. The Morgan fingerprint density at radius 2 is 1.50 bits per heavy atom. The Morgan fingerprint density at radius 1 is 0.833 bits per heavy atom. The third-order valence-electron chi connectivity index (χ3n) is 3.66. The zero-order chi connectivity index (χ0) is 21.6. The molecule has 1 N–H and O–H groups in total. The van der Waals surface area contributed by atoms with Crippen molar-refractivity contribution < 1.29 is 28.5 Å². The van der Waals surface area contributed by atoms with Crippen LogP contribution in [0.5, 0.6) is 23.0 Å². The molecule has 0 saturated carbocycles. The van der Waals surface area contributed by atoms with Gasteiger partial charge >= 0.3 is 6.09 Å². The largest absolute Gasteiger partial charge is 0.494 e. The zero-order valence-electron chi connectivity index (χ0n) is 17.6. The molecule has 1 amide bonds. The highest BCUT2D eigenvalue weighted by atomic mass is 16.6. The number of hydrogen-bond donors (Lipinski definition) is 1. The van der Waals surface area contributed by atoms with Crippen LogP contribution < -0.4 is 24.4 Å². The van der Waals surface area contributed by atoms with Crippen LogP contribution in [0, 0.1) is 0 Å². The maximum atomic E-state index is 11.2. The van der Waals surface area contributed by atoms with E-state index in [1.54, 1.807) is 19.1 Å². The number of ether oxygens (including phenoxy) is 5. The number of hydrazone groups is 1. The van der Waals surface area contributed by atoms with Gasteiger partial charge in [-0.2, -0.15) is 5.10 Å². The minimum atomic E-state index is -0.605. The van der Waals surface area contributed by atoms with Crippen LogP contribution in [0.15, 0.2) is 47.6 Å². The monoisotopic (exact) mass is 416 g/mol. The third-order valence-corrected chi connectivity index (χ3v) is 3.66. The predicted molar refractivity (Wildman–Crippen MR) is 114 cm³/mol. The quantitative estimate of drug-likeness (QED) is 0.319. The standard InChI is InChI=1S/C22H28N2O6/c1-4-26-18-8-10-19(11-9-18)29-13-14-30-20-12-7-17(15-21(20)27-5-2)16-23-24-22(25)28-6-3/h7-12,15-16H,4-6,13-14H2,1-3H3,(H,24,25)/b23-16+. The van der Waals surface area contributed by atoms with Gasteiger partial charge in [0.15, 0.2) is 11.5 Å². The van der Waals surface area contributed by atoms with Crippen LogP contribution in [0.25, 0.3) is 0 Å². The molecule has 0 radical (unpaired) electrons. The van der Waals surface area contributed by atoms with Gasteiger partial charge in [-0.3, -0.25) is 0 Å². The second-order valence-electron chi connectivity index (χ2n) is 5.83. The summed E-state index contributed by atoms with van der Waals surface area (Å²) in [5.41, 5.74) is 3.02. The fourth-order valence-electron chi connectivity index (χ4n) is 2.43. The summed E-state index contributed by atoms with van der Waals surface area (Å²) in [5.74, 6) is 2.73. The number of nitrogens with zero attached hydrogens (tertiary/aromatic N) is 1. The average molecular weight is 416 g/mol. The molecule has 2 rings (SSSR count). The molecule has 2 aromatic carbocycles. The van der Waals surface area contributed by atoms with E-state index in [1.807, 2.05) is 44.2 Å². The molecule has 162 valence electrons. The Hall–Kier alpha value is -3.42. The topological polar surface area (TPSA) is 87.6 Å². The number of rotatable bonds is 12. The van der Waals surface area contributed by atoms with Gasteiger partial charge in [0.2, 0.25) is 0 Å². The van der Waals surface area contributed by atoms with Crippen LogP contribution in [0.4, 0.5) is 4.79 Å². The minimum Gasteiger partial charge on any atom is -0.494 e. The first-order chi connectivity index (χ1) is 14.7. The van der Waals surface area contributed by atoms with Crippen molar-refractivity contribution in [3.63, 3.8) is 0 Å². The van der Waals surface area contributed by atoms with Crippen molar-refractivity contribution in [1.29, 1.82) is 0 Å². The molecule has 0 atom stereocenters. The smallest absolute Gasteiger partial charge is 0.427 e. The van der Waals surface area contributed by atoms with Gasteiger partial charge in [-0.25, -0.2) is 10.2 Å². The summed E-state index contributed by atoms with van der Waals surface area (Å²) in [5, 5.41) is 3.84. The Labute approximate surface area is 176 Å². The molecule has 8 nitrogen and oxygen atoms in total. The first kappa shape index (κ1) is 22.9. The molecule has 0 heterocycles. The lowest BCUT2D eigenvalue weighted by molar-refractivity contribution is 0.152. The lowest BCUT2D eigenvalue weighted by atomic mass is 10.2. The van der Waals surface area contributed by atoms with Crippen LogP contribution in [0.3, 0.4) is 0 Å². The second kappa shape index (κ2) is 12.9. The molecule has 0 aliphatic rings. The van der Waals surface area contributed by atoms with Gasteiger partial charge in [0.05, 0.1) is 26.0 Å². The number of hydrogen-bond acceptors (Lipinski definition) is 7. The van der Waals surface area contributed by atoms with Gasteiger partial charge in [-0.15, -0.1) is 0 Å². The maximum Gasteiger partial charge on any atom is 0.427 e. The first-order valence-corrected chi connectivity index (χ1v) is 9.87. The molecule has 0 aromatic heterocycles. The van der Waals surface area contributed by atoms with Crippen LogP contribution in [-0.4, -0.2) is 45.3 Å². The van der Waals surface area contributed by atoms with Crippen molar-refractivity contribution in [2.45, 2.75) is 20.8 Å². The van der Waals surface area contributed by atoms with Crippen molar-refractivity contribution in [3.8, 4) is 23.0 Å². The van der Waals surface area contributed by atoms with Crippen LogP contribution in [0.1, 0.15) is 26.3 Å². The average Bonchev–Trinajstić information content (AvgIpc) is 2.74. The number of benzene rings is 2. The molecule has 0 fully saturated rings. The van der Waals surface area contributed by atoms with Crippen molar-refractivity contribution in [2.24, 2.45) is 5.10 Å². The van der Waals surface area contributed by atoms with Crippen LogP contribution >= 0.6 is 0 Å². The Balaban J connectivity index is 1.86. The van der Waals surface area contributed by atoms with Crippen molar-refractivity contribution in [1.82, 2.24) is 5.43 Å². The summed E-state index contributed by atoms with van der Waals surface area (Å²) in [4.78, 5) is 11.2. The summed E-state index contributed by atoms with van der Waals surface area (Å²) < 4.78 is 27.3. The van der Waals surface area contributed by atoms with Gasteiger partial charge in [0, 0.05) is 0 Å². The molecular formula is C22H28N2O6. The Morgan fingerprint density at radius 3 is 2.17 bits per heavy atom. The molecule has 8 heteroatoms. The van der Waals surface area contributed by atoms with E-state index in [0.717, 1.165) is 17.1 Å². The number of carbonyl (C=O) groups excluding carboxylic acids is 1. The van der Waals surface area contributed by atoms with Crippen LogP contribution in [0.2, 0.25) is 0 Å². The molecule has 0 saturated heterocycles. The van der Waals surface area contributed by atoms with Gasteiger partial charge < -0.3 is 23.7 Å². The third kappa shape index (κ3) is 7.90. The van der Waals surface area contributed by atoms with Crippen molar-refractivity contribution >= 4 is 12.3 Å². The fourth-order valence-corrected chi connectivity index (χ4v) is 2.43. The van der Waals surface area contributed by atoms with E-state index in [0.29, 0.717) is 37.9 Å². The molecule has 0 aliphatic carbocycles.